The molecule has 0 atom stereocenters. The van der Waals surface area contributed by atoms with Gasteiger partial charge in [0.05, 0.1) is 15.2 Å². The Kier molecular flexibility index (Phi) is 4.32. The molecule has 0 unspecified atom stereocenters. The van der Waals surface area contributed by atoms with E-state index in [9.17, 15) is 4.79 Å². The van der Waals surface area contributed by atoms with Gasteiger partial charge in [-0.15, -0.1) is 0 Å². The van der Waals surface area contributed by atoms with E-state index in [0.29, 0.717) is 20.4 Å². The van der Waals surface area contributed by atoms with Gasteiger partial charge >= 0.3 is 0 Å². The van der Waals surface area contributed by atoms with Crippen LogP contribution in [0.4, 0.5) is 0 Å². The summed E-state index contributed by atoms with van der Waals surface area (Å²) in [5, 5.41) is 1.11. The lowest BCUT2D eigenvalue weighted by atomic mass is 10.1. The molecule has 0 aliphatic rings. The number of hydrogen-bond donors (Lipinski definition) is 0. The summed E-state index contributed by atoms with van der Waals surface area (Å²) in [4.78, 5) is 17.3. The van der Waals surface area contributed by atoms with Crippen molar-refractivity contribution in [1.82, 2.24) is 4.57 Å². The van der Waals surface area contributed by atoms with Gasteiger partial charge in [0.25, 0.3) is 5.91 Å². The number of hydrogen-bond acceptors (Lipinski definition) is 2. The molecule has 0 aliphatic carbocycles. The van der Waals surface area contributed by atoms with E-state index < -0.39 is 0 Å². The summed E-state index contributed by atoms with van der Waals surface area (Å²) in [6.45, 7) is 3.99. The molecule has 0 bridgehead atoms. The van der Waals surface area contributed by atoms with E-state index in [4.69, 9.17) is 23.2 Å². The predicted octanol–water partition coefficient (Wildman–Crippen LogP) is 4.90. The lowest BCUT2D eigenvalue weighted by Crippen LogP contribution is -2.13. The number of rotatable bonds is 1. The van der Waals surface area contributed by atoms with E-state index in [1.807, 2.05) is 43.7 Å². The van der Waals surface area contributed by atoms with Crippen LogP contribution in [0.3, 0.4) is 0 Å². The largest absolute Gasteiger partial charge is 0.318 e. The van der Waals surface area contributed by atoms with Gasteiger partial charge in [0.1, 0.15) is 0 Å². The number of aryl methyl sites for hydroxylation is 3. The second-order valence-electron chi connectivity index (χ2n) is 5.39. The number of amides is 1. The van der Waals surface area contributed by atoms with E-state index in [-0.39, 0.29) is 5.91 Å². The van der Waals surface area contributed by atoms with Crippen molar-refractivity contribution in [3.63, 3.8) is 0 Å². The Labute approximate surface area is 147 Å². The molecule has 3 rings (SSSR count). The molecule has 3 aromatic rings. The molecule has 3 nitrogen and oxygen atoms in total. The lowest BCUT2D eigenvalue weighted by molar-refractivity contribution is 0.0998. The Morgan fingerprint density at radius 1 is 1.13 bits per heavy atom. The molecule has 1 aromatic heterocycles. The number of thiazole rings is 1. The zero-order valence-corrected chi connectivity index (χ0v) is 15.2. The highest BCUT2D eigenvalue weighted by molar-refractivity contribution is 7.16. The summed E-state index contributed by atoms with van der Waals surface area (Å²) in [6.07, 6.45) is 0. The summed E-state index contributed by atoms with van der Waals surface area (Å²) in [5.41, 5.74) is 3.62. The Balaban J connectivity index is 2.14. The molecular formula is C17H14Cl2N2OS. The highest BCUT2D eigenvalue weighted by Gasteiger charge is 2.11. The molecule has 2 aromatic carbocycles. The monoisotopic (exact) mass is 364 g/mol. The maximum absolute atomic E-state index is 12.4. The SMILES string of the molecule is Cc1ccc(C(=O)N=c2sc3cc(Cl)cc(Cl)c3n2C)cc1C. The fraction of sp³-hybridized carbons (Fsp3) is 0.176. The van der Waals surface area contributed by atoms with Crippen molar-refractivity contribution in [2.75, 3.05) is 0 Å². The van der Waals surface area contributed by atoms with Crippen molar-refractivity contribution < 1.29 is 4.79 Å². The number of carbonyl (C=O) groups is 1. The van der Waals surface area contributed by atoms with Crippen LogP contribution in [0.1, 0.15) is 21.5 Å². The fourth-order valence-electron chi connectivity index (χ4n) is 2.33. The van der Waals surface area contributed by atoms with E-state index in [1.54, 1.807) is 12.1 Å². The van der Waals surface area contributed by atoms with Crippen molar-refractivity contribution in [1.29, 1.82) is 0 Å². The molecule has 1 heterocycles. The molecule has 0 saturated carbocycles. The van der Waals surface area contributed by atoms with Crippen molar-refractivity contribution >= 4 is 50.7 Å². The Morgan fingerprint density at radius 3 is 2.57 bits per heavy atom. The van der Waals surface area contributed by atoms with Crippen molar-refractivity contribution in [2.24, 2.45) is 12.0 Å². The van der Waals surface area contributed by atoms with Gasteiger partial charge in [-0.3, -0.25) is 4.79 Å². The number of fused-ring (bicyclic) bond motifs is 1. The van der Waals surface area contributed by atoms with Gasteiger partial charge in [-0.1, -0.05) is 40.6 Å². The van der Waals surface area contributed by atoms with Gasteiger partial charge in [-0.05, 0) is 49.2 Å². The van der Waals surface area contributed by atoms with Gasteiger partial charge in [0.2, 0.25) is 0 Å². The first-order chi connectivity index (χ1) is 10.9. The molecule has 6 heteroatoms. The highest BCUT2D eigenvalue weighted by Crippen LogP contribution is 2.29. The Hall–Kier alpha value is -1.62. The van der Waals surface area contributed by atoms with Crippen LogP contribution >= 0.6 is 34.5 Å². The van der Waals surface area contributed by atoms with Crippen LogP contribution in [-0.4, -0.2) is 10.5 Å². The third-order valence-corrected chi connectivity index (χ3v) is 5.35. The molecule has 0 radical (unpaired) electrons. The van der Waals surface area contributed by atoms with Gasteiger partial charge in [-0.2, -0.15) is 4.99 Å². The maximum Gasteiger partial charge on any atom is 0.279 e. The van der Waals surface area contributed by atoms with Crippen LogP contribution in [-0.2, 0) is 7.05 Å². The average molecular weight is 365 g/mol. The number of nitrogens with zero attached hydrogens (tertiary/aromatic N) is 2. The second-order valence-corrected chi connectivity index (χ2v) is 7.25. The van der Waals surface area contributed by atoms with E-state index in [2.05, 4.69) is 4.99 Å². The van der Waals surface area contributed by atoms with Gasteiger partial charge in [0, 0.05) is 17.6 Å². The van der Waals surface area contributed by atoms with Crippen LogP contribution in [0, 0.1) is 13.8 Å². The van der Waals surface area contributed by atoms with Gasteiger partial charge in [0.15, 0.2) is 4.80 Å². The maximum atomic E-state index is 12.4. The standard InChI is InChI=1S/C17H14Cl2N2OS/c1-9-4-5-11(6-10(9)2)16(22)20-17-21(3)15-13(19)7-12(18)8-14(15)23-17/h4-8H,1-3H3. The smallest absolute Gasteiger partial charge is 0.279 e. The van der Waals surface area contributed by atoms with E-state index >= 15 is 0 Å². The van der Waals surface area contributed by atoms with E-state index in [0.717, 1.165) is 21.3 Å². The van der Waals surface area contributed by atoms with Crippen LogP contribution in [0.5, 0.6) is 0 Å². The molecule has 0 saturated heterocycles. The van der Waals surface area contributed by atoms with Crippen molar-refractivity contribution in [3.05, 3.63) is 61.9 Å². The zero-order chi connectivity index (χ0) is 16.7. The minimum Gasteiger partial charge on any atom is -0.318 e. The molecule has 0 fully saturated rings. The second kappa shape index (κ2) is 6.11. The first-order valence-corrected chi connectivity index (χ1v) is 8.55. The minimum atomic E-state index is -0.266. The Bertz CT molecular complexity index is 1000. The summed E-state index contributed by atoms with van der Waals surface area (Å²) in [7, 11) is 1.84. The lowest BCUT2D eigenvalue weighted by Gasteiger charge is -2.01. The van der Waals surface area contributed by atoms with E-state index in [1.165, 1.54) is 11.3 Å². The number of carbonyl (C=O) groups excluding carboxylic acids is 1. The summed E-state index contributed by atoms with van der Waals surface area (Å²) in [6, 6.07) is 9.10. The molecule has 0 spiro atoms. The normalized spacial score (nSPS) is 12.1. The highest BCUT2D eigenvalue weighted by atomic mass is 35.5. The predicted molar refractivity (Wildman–Crippen MR) is 96.6 cm³/mol. The van der Waals surface area contributed by atoms with Gasteiger partial charge in [-0.25, -0.2) is 0 Å². The fourth-order valence-corrected chi connectivity index (χ4v) is 4.16. The van der Waals surface area contributed by atoms with Crippen molar-refractivity contribution in [3.8, 4) is 0 Å². The molecule has 0 aliphatic heterocycles. The first-order valence-electron chi connectivity index (χ1n) is 6.97. The van der Waals surface area contributed by atoms with Crippen LogP contribution in [0.15, 0.2) is 35.3 Å². The van der Waals surface area contributed by atoms with Crippen LogP contribution in [0.25, 0.3) is 10.2 Å². The number of benzene rings is 2. The Morgan fingerprint density at radius 2 is 1.87 bits per heavy atom. The number of halogens is 2. The average Bonchev–Trinajstić information content (AvgIpc) is 2.78. The molecule has 0 N–H and O–H groups in total. The zero-order valence-electron chi connectivity index (χ0n) is 12.9. The third kappa shape index (κ3) is 3.07. The van der Waals surface area contributed by atoms with Crippen LogP contribution in [0.2, 0.25) is 10.0 Å². The summed E-state index contributed by atoms with van der Waals surface area (Å²) in [5.74, 6) is -0.266. The first kappa shape index (κ1) is 16.2. The topological polar surface area (TPSA) is 34.4 Å². The minimum absolute atomic E-state index is 0.266. The van der Waals surface area contributed by atoms with Gasteiger partial charge < -0.3 is 4.57 Å². The summed E-state index contributed by atoms with van der Waals surface area (Å²) < 4.78 is 2.72. The van der Waals surface area contributed by atoms with Crippen molar-refractivity contribution in [2.45, 2.75) is 13.8 Å². The molecule has 118 valence electrons. The molecule has 23 heavy (non-hydrogen) atoms. The molecule has 1 amide bonds. The third-order valence-electron chi connectivity index (χ3n) is 3.77. The molecular weight excluding hydrogens is 351 g/mol. The summed E-state index contributed by atoms with van der Waals surface area (Å²) >= 11 is 13.7. The number of aromatic nitrogens is 1. The van der Waals surface area contributed by atoms with Crippen LogP contribution < -0.4 is 4.80 Å². The quantitative estimate of drug-likeness (QED) is 0.604.